The first-order chi connectivity index (χ1) is 8.54. The molecule has 0 unspecified atom stereocenters. The van der Waals surface area contributed by atoms with E-state index in [9.17, 15) is 8.42 Å². The van der Waals surface area contributed by atoms with Crippen molar-refractivity contribution in [3.63, 3.8) is 0 Å². The van der Waals surface area contributed by atoms with Crippen molar-refractivity contribution in [3.05, 3.63) is 18.2 Å². The van der Waals surface area contributed by atoms with Gasteiger partial charge in [0.25, 0.3) is 0 Å². The van der Waals surface area contributed by atoms with Crippen LogP contribution in [0.4, 0.5) is 0 Å². The summed E-state index contributed by atoms with van der Waals surface area (Å²) in [5, 5.41) is 7.26. The molecule has 1 heterocycles. The molecule has 1 atom stereocenters. The Morgan fingerprint density at radius 2 is 2.17 bits per heavy atom. The van der Waals surface area contributed by atoms with E-state index in [2.05, 4.69) is 19.7 Å². The van der Waals surface area contributed by atoms with Crippen LogP contribution < -0.4 is 4.72 Å². The normalized spacial score (nSPS) is 13.9. The summed E-state index contributed by atoms with van der Waals surface area (Å²) in [6.45, 7) is 3.84. The number of sulfonamides is 1. The number of aromatic nitrogens is 2. The van der Waals surface area contributed by atoms with Gasteiger partial charge in [-0.2, -0.15) is 0 Å². The van der Waals surface area contributed by atoms with Crippen LogP contribution in [0.15, 0.2) is 27.7 Å². The molecular weight excluding hydrogens is 254 g/mol. The zero-order chi connectivity index (χ0) is 13.2. The number of nitrogens with zero attached hydrogens (tertiary/aromatic N) is 2. The van der Waals surface area contributed by atoms with Crippen LogP contribution in [0.25, 0.3) is 11.0 Å². The average Bonchev–Trinajstić information content (AvgIpc) is 2.75. The second-order valence-electron chi connectivity index (χ2n) is 4.20. The molecule has 1 aromatic heterocycles. The standard InChI is InChI=1S/C11H15N3O3S/c1-3-5-8(2)14-18(15,16)10-7-4-6-9-11(10)13-17-12-9/h4,6-8,14H,3,5H2,1-2H3/t8-/m1/s1. The van der Waals surface area contributed by atoms with Crippen molar-refractivity contribution in [2.24, 2.45) is 0 Å². The van der Waals surface area contributed by atoms with E-state index in [0.717, 1.165) is 12.8 Å². The molecule has 0 aliphatic carbocycles. The van der Waals surface area contributed by atoms with Crippen LogP contribution in [0.5, 0.6) is 0 Å². The van der Waals surface area contributed by atoms with E-state index in [1.807, 2.05) is 13.8 Å². The number of hydrogen-bond donors (Lipinski definition) is 1. The molecule has 0 aliphatic heterocycles. The largest absolute Gasteiger partial charge is 0.243 e. The first-order valence-corrected chi connectivity index (χ1v) is 7.26. The summed E-state index contributed by atoms with van der Waals surface area (Å²) < 4.78 is 31.6. The lowest BCUT2D eigenvalue weighted by atomic mass is 10.2. The van der Waals surface area contributed by atoms with Crippen LogP contribution in [-0.4, -0.2) is 24.8 Å². The van der Waals surface area contributed by atoms with Crippen LogP contribution in [0.2, 0.25) is 0 Å². The van der Waals surface area contributed by atoms with E-state index in [1.54, 1.807) is 12.1 Å². The molecule has 0 fully saturated rings. The van der Waals surface area contributed by atoms with Crippen molar-refractivity contribution in [1.82, 2.24) is 15.0 Å². The fourth-order valence-electron chi connectivity index (χ4n) is 1.82. The van der Waals surface area contributed by atoms with Crippen molar-refractivity contribution in [3.8, 4) is 0 Å². The highest BCUT2D eigenvalue weighted by molar-refractivity contribution is 7.89. The Hall–Kier alpha value is -1.47. The first kappa shape index (κ1) is 13.0. The molecule has 0 aliphatic rings. The molecular formula is C11H15N3O3S. The van der Waals surface area contributed by atoms with Gasteiger partial charge in [-0.1, -0.05) is 19.4 Å². The van der Waals surface area contributed by atoms with Gasteiger partial charge in [0.05, 0.1) is 0 Å². The highest BCUT2D eigenvalue weighted by Gasteiger charge is 2.21. The molecule has 0 spiro atoms. The second kappa shape index (κ2) is 5.03. The molecule has 2 rings (SSSR count). The third kappa shape index (κ3) is 2.51. The Kier molecular flexibility index (Phi) is 3.63. The summed E-state index contributed by atoms with van der Waals surface area (Å²) in [6.07, 6.45) is 1.70. The lowest BCUT2D eigenvalue weighted by molar-refractivity contribution is 0.315. The molecule has 98 valence electrons. The number of rotatable bonds is 5. The number of hydrogen-bond acceptors (Lipinski definition) is 5. The van der Waals surface area contributed by atoms with Gasteiger partial charge in [0.2, 0.25) is 10.0 Å². The Balaban J connectivity index is 2.38. The van der Waals surface area contributed by atoms with Gasteiger partial charge in [-0.05, 0) is 35.8 Å². The van der Waals surface area contributed by atoms with E-state index in [0.29, 0.717) is 5.52 Å². The molecule has 1 N–H and O–H groups in total. The topological polar surface area (TPSA) is 85.1 Å². The quantitative estimate of drug-likeness (QED) is 0.892. The molecule has 0 saturated carbocycles. The fourth-order valence-corrected chi connectivity index (χ4v) is 3.25. The molecule has 6 nitrogen and oxygen atoms in total. The van der Waals surface area contributed by atoms with Crippen LogP contribution >= 0.6 is 0 Å². The zero-order valence-corrected chi connectivity index (χ0v) is 11.1. The summed E-state index contributed by atoms with van der Waals surface area (Å²) >= 11 is 0. The monoisotopic (exact) mass is 269 g/mol. The summed E-state index contributed by atoms with van der Waals surface area (Å²) in [5.74, 6) is 0. The molecule has 1 aromatic carbocycles. The zero-order valence-electron chi connectivity index (χ0n) is 10.3. The molecule has 0 radical (unpaired) electrons. The minimum Gasteiger partial charge on any atom is -0.243 e. The van der Waals surface area contributed by atoms with Gasteiger partial charge in [0, 0.05) is 6.04 Å². The van der Waals surface area contributed by atoms with Crippen molar-refractivity contribution >= 4 is 21.1 Å². The van der Waals surface area contributed by atoms with Crippen LogP contribution in [0.1, 0.15) is 26.7 Å². The highest BCUT2D eigenvalue weighted by Crippen LogP contribution is 2.19. The Labute approximate surface area is 105 Å². The maximum Gasteiger partial charge on any atom is 0.243 e. The fraction of sp³-hybridized carbons (Fsp3) is 0.455. The van der Waals surface area contributed by atoms with Crippen molar-refractivity contribution in [2.45, 2.75) is 37.6 Å². The van der Waals surface area contributed by atoms with Crippen LogP contribution in [0, 0.1) is 0 Å². The summed E-state index contributed by atoms with van der Waals surface area (Å²) in [4.78, 5) is 0.101. The molecule has 0 amide bonds. The predicted octanol–water partition coefficient (Wildman–Crippen LogP) is 1.69. The maximum atomic E-state index is 12.2. The smallest absolute Gasteiger partial charge is 0.243 e. The van der Waals surface area contributed by atoms with E-state index in [1.165, 1.54) is 6.07 Å². The minimum atomic E-state index is -3.59. The number of fused-ring (bicyclic) bond motifs is 1. The van der Waals surface area contributed by atoms with Crippen LogP contribution in [0.3, 0.4) is 0 Å². The van der Waals surface area contributed by atoms with E-state index < -0.39 is 10.0 Å². The van der Waals surface area contributed by atoms with Crippen molar-refractivity contribution in [1.29, 1.82) is 0 Å². The number of nitrogens with one attached hydrogen (secondary N) is 1. The van der Waals surface area contributed by atoms with Crippen LogP contribution in [-0.2, 0) is 10.0 Å². The average molecular weight is 269 g/mol. The van der Waals surface area contributed by atoms with Crippen molar-refractivity contribution < 1.29 is 13.0 Å². The molecule has 2 aromatic rings. The third-order valence-corrected chi connectivity index (χ3v) is 4.24. The number of benzene rings is 1. The van der Waals surface area contributed by atoms with Gasteiger partial charge in [-0.25, -0.2) is 17.8 Å². The van der Waals surface area contributed by atoms with Gasteiger partial charge < -0.3 is 0 Å². The van der Waals surface area contributed by atoms with Gasteiger partial charge in [0.15, 0.2) is 5.52 Å². The first-order valence-electron chi connectivity index (χ1n) is 5.78. The molecule has 0 saturated heterocycles. The minimum absolute atomic E-state index is 0.101. The summed E-state index contributed by atoms with van der Waals surface area (Å²) in [7, 11) is -3.59. The highest BCUT2D eigenvalue weighted by atomic mass is 32.2. The summed E-state index contributed by atoms with van der Waals surface area (Å²) in [5.41, 5.74) is 0.690. The molecule has 7 heteroatoms. The SMILES string of the molecule is CCC[C@@H](C)NS(=O)(=O)c1cccc2nonc12. The lowest BCUT2D eigenvalue weighted by Gasteiger charge is -2.12. The van der Waals surface area contributed by atoms with Gasteiger partial charge in [0.1, 0.15) is 10.4 Å². The van der Waals surface area contributed by atoms with Gasteiger partial charge >= 0.3 is 0 Å². The predicted molar refractivity (Wildman–Crippen MR) is 66.5 cm³/mol. The van der Waals surface area contributed by atoms with Gasteiger partial charge in [-0.3, -0.25) is 0 Å². The van der Waals surface area contributed by atoms with E-state index in [-0.39, 0.29) is 16.5 Å². The third-order valence-electron chi connectivity index (χ3n) is 2.62. The van der Waals surface area contributed by atoms with E-state index >= 15 is 0 Å². The van der Waals surface area contributed by atoms with Crippen molar-refractivity contribution in [2.75, 3.05) is 0 Å². The maximum absolute atomic E-state index is 12.2. The Morgan fingerprint density at radius 1 is 1.39 bits per heavy atom. The van der Waals surface area contributed by atoms with Gasteiger partial charge in [-0.15, -0.1) is 0 Å². The second-order valence-corrected chi connectivity index (χ2v) is 5.88. The van der Waals surface area contributed by atoms with E-state index in [4.69, 9.17) is 0 Å². The molecule has 18 heavy (non-hydrogen) atoms. The lowest BCUT2D eigenvalue weighted by Crippen LogP contribution is -2.32. The molecule has 0 bridgehead atoms. The summed E-state index contributed by atoms with van der Waals surface area (Å²) in [6, 6.07) is 4.65. The Morgan fingerprint density at radius 3 is 2.89 bits per heavy atom. The Bertz CT molecular complexity index is 636.